The minimum atomic E-state index is 1.15. The lowest BCUT2D eigenvalue weighted by molar-refractivity contribution is 1.82. The van der Waals surface area contributed by atoms with Crippen LogP contribution in [0.1, 0.15) is 0 Å². The maximum Gasteiger partial charge on any atom is 0.154 e. The Balaban J connectivity index is 2.87. The van der Waals surface area contributed by atoms with Gasteiger partial charge in [-0.25, -0.2) is 0 Å². The van der Waals surface area contributed by atoms with Crippen LogP contribution in [-0.4, -0.2) is 14.6 Å². The second-order valence-electron chi connectivity index (χ2n) is 2.53. The Morgan fingerprint density at radius 1 is 1.00 bits per heavy atom. The first kappa shape index (κ1) is 7.46. The average Bonchev–Trinajstić information content (AvgIpc) is 2.05. The molecule has 0 heterocycles. The van der Waals surface area contributed by atoms with Gasteiger partial charge >= 0.3 is 0 Å². The van der Waals surface area contributed by atoms with E-state index in [-0.39, 0.29) is 0 Å². The van der Waals surface area contributed by atoms with Gasteiger partial charge in [-0.05, 0) is 0 Å². The first-order valence-corrected chi connectivity index (χ1v) is 3.94. The van der Waals surface area contributed by atoms with E-state index in [0.717, 1.165) is 14.6 Å². The zero-order valence-electron chi connectivity index (χ0n) is 6.72. The van der Waals surface area contributed by atoms with Gasteiger partial charge < -0.3 is 0 Å². The Morgan fingerprint density at radius 3 is 1.90 bits per heavy atom. The molecule has 1 aromatic carbocycles. The molecular weight excluding hydrogens is 118 g/mol. The molecule has 0 bridgehead atoms. The predicted octanol–water partition coefficient (Wildman–Crippen LogP) is -0.0936. The summed E-state index contributed by atoms with van der Waals surface area (Å²) in [5, 5.41) is 0. The Bertz CT molecular complexity index is 189. The van der Waals surface area contributed by atoms with Crippen molar-refractivity contribution in [3.8, 4) is 0 Å². The molecule has 2 heteroatoms. The molecule has 0 atom stereocenters. The van der Waals surface area contributed by atoms with Crippen molar-refractivity contribution in [1.29, 1.82) is 0 Å². The molecule has 0 saturated heterocycles. The molecule has 50 valence electrons. The average molecular weight is 130 g/mol. The van der Waals surface area contributed by atoms with Crippen molar-refractivity contribution < 1.29 is 0 Å². The van der Waals surface area contributed by atoms with Crippen LogP contribution < -0.4 is 10.9 Å². The van der Waals surface area contributed by atoms with Gasteiger partial charge in [0.2, 0.25) is 0 Å². The lowest BCUT2D eigenvalue weighted by atomic mass is 9.67. The summed E-state index contributed by atoms with van der Waals surface area (Å²) in [5.41, 5.74) is 2.89. The van der Waals surface area contributed by atoms with Gasteiger partial charge in [-0.2, -0.15) is 0 Å². The van der Waals surface area contributed by atoms with Crippen molar-refractivity contribution in [1.82, 2.24) is 0 Å². The third-order valence-corrected chi connectivity index (χ3v) is 1.81. The van der Waals surface area contributed by atoms with Crippen molar-refractivity contribution >= 4 is 25.5 Å². The topological polar surface area (TPSA) is 0 Å². The van der Waals surface area contributed by atoms with Gasteiger partial charge in [-0.1, -0.05) is 48.8 Å². The Labute approximate surface area is 64.1 Å². The minimum Gasteiger partial charge on any atom is -0.0853 e. The Hall–Kier alpha value is -0.650. The van der Waals surface area contributed by atoms with Gasteiger partial charge in [0.1, 0.15) is 0 Å². The van der Waals surface area contributed by atoms with Crippen LogP contribution in [0.15, 0.2) is 24.3 Å². The van der Waals surface area contributed by atoms with Crippen LogP contribution in [0.3, 0.4) is 0 Å². The van der Waals surface area contributed by atoms with E-state index < -0.39 is 0 Å². The van der Waals surface area contributed by atoms with E-state index in [1.165, 1.54) is 10.9 Å². The summed E-state index contributed by atoms with van der Waals surface area (Å²) >= 11 is 0. The van der Waals surface area contributed by atoms with Gasteiger partial charge in [0, 0.05) is 0 Å². The van der Waals surface area contributed by atoms with E-state index in [4.69, 9.17) is 0 Å². The van der Waals surface area contributed by atoms with Crippen molar-refractivity contribution in [2.75, 3.05) is 0 Å². The standard InChI is InChI=1S/C8H12B2/c1-9-7-4-3-5-8(6-7)10-2/h3-6,9-10H,1-2H3. The highest BCUT2D eigenvalue weighted by Gasteiger charge is 1.91. The van der Waals surface area contributed by atoms with Crippen LogP contribution in [0, 0.1) is 0 Å². The summed E-state index contributed by atoms with van der Waals surface area (Å²) in [6.45, 7) is 4.38. The van der Waals surface area contributed by atoms with Crippen LogP contribution in [-0.2, 0) is 0 Å². The monoisotopic (exact) mass is 130 g/mol. The van der Waals surface area contributed by atoms with Gasteiger partial charge in [0.15, 0.2) is 14.6 Å². The smallest absolute Gasteiger partial charge is 0.0853 e. The molecule has 0 aliphatic heterocycles. The quantitative estimate of drug-likeness (QED) is 0.490. The largest absolute Gasteiger partial charge is 0.154 e. The SMILES string of the molecule is CBc1cccc(BC)c1. The van der Waals surface area contributed by atoms with E-state index >= 15 is 0 Å². The molecule has 0 spiro atoms. The lowest BCUT2D eigenvalue weighted by Gasteiger charge is -1.97. The van der Waals surface area contributed by atoms with Crippen LogP contribution in [0.4, 0.5) is 0 Å². The van der Waals surface area contributed by atoms with Crippen LogP contribution in [0.25, 0.3) is 0 Å². The maximum absolute atomic E-state index is 2.28. The third-order valence-electron chi connectivity index (χ3n) is 1.81. The van der Waals surface area contributed by atoms with Gasteiger partial charge in [0.05, 0.1) is 0 Å². The lowest BCUT2D eigenvalue weighted by Crippen LogP contribution is -2.20. The number of rotatable bonds is 2. The maximum atomic E-state index is 2.28. The van der Waals surface area contributed by atoms with Crippen molar-refractivity contribution in [3.63, 3.8) is 0 Å². The summed E-state index contributed by atoms with van der Waals surface area (Å²) in [6.07, 6.45) is 0. The zero-order valence-corrected chi connectivity index (χ0v) is 6.72. The fraction of sp³-hybridized carbons (Fsp3) is 0.250. The summed E-state index contributed by atoms with van der Waals surface area (Å²) in [7, 11) is 2.29. The van der Waals surface area contributed by atoms with Crippen LogP contribution >= 0.6 is 0 Å². The van der Waals surface area contributed by atoms with E-state index in [9.17, 15) is 0 Å². The molecule has 0 aromatic heterocycles. The minimum absolute atomic E-state index is 1.15. The first-order valence-electron chi connectivity index (χ1n) is 3.94. The predicted molar refractivity (Wildman–Crippen MR) is 51.7 cm³/mol. The van der Waals surface area contributed by atoms with E-state index in [1.54, 1.807) is 0 Å². The summed E-state index contributed by atoms with van der Waals surface area (Å²) < 4.78 is 0. The first-order chi connectivity index (χ1) is 4.86. The molecule has 0 aliphatic rings. The second-order valence-corrected chi connectivity index (χ2v) is 2.53. The van der Waals surface area contributed by atoms with E-state index in [1.807, 2.05) is 0 Å². The molecule has 0 radical (unpaired) electrons. The molecular formula is C8H12B2. The molecule has 0 fully saturated rings. The summed E-state index contributed by atoms with van der Waals surface area (Å²) in [4.78, 5) is 0. The van der Waals surface area contributed by atoms with E-state index in [2.05, 4.69) is 37.9 Å². The number of benzene rings is 1. The van der Waals surface area contributed by atoms with E-state index in [0.29, 0.717) is 0 Å². The molecule has 10 heavy (non-hydrogen) atoms. The Kier molecular flexibility index (Phi) is 2.61. The second kappa shape index (κ2) is 3.50. The highest BCUT2D eigenvalue weighted by Crippen LogP contribution is 1.78. The molecule has 0 aliphatic carbocycles. The molecule has 0 saturated carbocycles. The molecule has 0 amide bonds. The highest BCUT2D eigenvalue weighted by molar-refractivity contribution is 6.56. The molecule has 0 nitrogen and oxygen atoms in total. The van der Waals surface area contributed by atoms with Crippen LogP contribution in [0.2, 0.25) is 13.6 Å². The molecule has 0 unspecified atom stereocenters. The highest BCUT2D eigenvalue weighted by atomic mass is 13.8. The fourth-order valence-corrected chi connectivity index (χ4v) is 1.07. The van der Waals surface area contributed by atoms with Crippen LogP contribution in [0.5, 0.6) is 0 Å². The van der Waals surface area contributed by atoms with Crippen molar-refractivity contribution in [3.05, 3.63) is 24.3 Å². The molecule has 1 aromatic rings. The zero-order chi connectivity index (χ0) is 7.40. The summed E-state index contributed by atoms with van der Waals surface area (Å²) in [5.74, 6) is 0. The third kappa shape index (κ3) is 1.66. The van der Waals surface area contributed by atoms with Gasteiger partial charge in [-0.15, -0.1) is 0 Å². The van der Waals surface area contributed by atoms with Crippen molar-refractivity contribution in [2.24, 2.45) is 0 Å². The summed E-state index contributed by atoms with van der Waals surface area (Å²) in [6, 6.07) is 8.77. The number of hydrogen-bond acceptors (Lipinski definition) is 0. The Morgan fingerprint density at radius 2 is 1.50 bits per heavy atom. The van der Waals surface area contributed by atoms with Gasteiger partial charge in [0.25, 0.3) is 0 Å². The molecule has 1 rings (SSSR count). The molecule has 0 N–H and O–H groups in total. The van der Waals surface area contributed by atoms with Gasteiger partial charge in [-0.3, -0.25) is 0 Å². The van der Waals surface area contributed by atoms with Crippen molar-refractivity contribution in [2.45, 2.75) is 13.6 Å². The number of hydrogen-bond donors (Lipinski definition) is 0. The normalized spacial score (nSPS) is 9.00. The fourth-order valence-electron chi connectivity index (χ4n) is 1.07.